The lowest BCUT2D eigenvalue weighted by Gasteiger charge is -2.21. The van der Waals surface area contributed by atoms with E-state index in [1.807, 2.05) is 10.6 Å². The summed E-state index contributed by atoms with van der Waals surface area (Å²) in [6.45, 7) is 4.72. The van der Waals surface area contributed by atoms with Gasteiger partial charge in [-0.1, -0.05) is 20.8 Å². The molecule has 0 heterocycles. The van der Waals surface area contributed by atoms with E-state index >= 15 is 0 Å². The highest BCUT2D eigenvalue weighted by Crippen LogP contribution is 2.11. The fraction of sp³-hybridized carbons (Fsp3) is 0.643. The highest BCUT2D eigenvalue weighted by Gasteiger charge is 2.25. The van der Waals surface area contributed by atoms with E-state index in [2.05, 4.69) is 10.6 Å². The van der Waals surface area contributed by atoms with Gasteiger partial charge in [0.2, 0.25) is 5.91 Å². The van der Waals surface area contributed by atoms with E-state index in [9.17, 15) is 24.0 Å². The Labute approximate surface area is 149 Å². The maximum atomic E-state index is 11.8. The summed E-state index contributed by atoms with van der Waals surface area (Å²) >= 11 is 0. The van der Waals surface area contributed by atoms with Crippen LogP contribution in [0.15, 0.2) is 0 Å². The number of aliphatic carboxylic acids is 3. The van der Waals surface area contributed by atoms with Gasteiger partial charge in [-0.05, 0) is 6.42 Å². The highest BCUT2D eigenvalue weighted by atomic mass is 16.4. The Balaban J connectivity index is 4.61. The molecule has 0 unspecified atom stereocenters. The van der Waals surface area contributed by atoms with Crippen molar-refractivity contribution >= 4 is 29.8 Å². The van der Waals surface area contributed by atoms with Gasteiger partial charge < -0.3 is 31.3 Å². The second-order valence-electron chi connectivity index (χ2n) is 6.35. The van der Waals surface area contributed by atoms with E-state index in [-0.39, 0.29) is 19.0 Å². The van der Waals surface area contributed by atoms with Crippen molar-refractivity contribution in [3.63, 3.8) is 0 Å². The molecule has 0 aromatic rings. The number of carbonyl (C=O) groups is 5. The molecule has 7 N–H and O–H groups in total. The Bertz CT molecular complexity index is 558. The molecule has 3 amide bonds. The SMILES string of the molecule is CC(C)(C)C(=O)NCN[C@H](NC(=O)N[C@@H](CCC(=O)O)C(=O)O)C(=O)O. The molecule has 0 bridgehead atoms. The number of carboxylic acids is 3. The molecule has 0 spiro atoms. The average molecular weight is 376 g/mol. The average Bonchev–Trinajstić information content (AvgIpc) is 2.48. The van der Waals surface area contributed by atoms with E-state index in [0.717, 1.165) is 0 Å². The van der Waals surface area contributed by atoms with Crippen LogP contribution in [0.4, 0.5) is 4.79 Å². The summed E-state index contributed by atoms with van der Waals surface area (Å²) in [7, 11) is 0. The summed E-state index contributed by atoms with van der Waals surface area (Å²) < 4.78 is 0. The molecule has 12 heteroatoms. The maximum Gasteiger partial charge on any atom is 0.341 e. The van der Waals surface area contributed by atoms with Gasteiger partial charge in [-0.2, -0.15) is 0 Å². The van der Waals surface area contributed by atoms with Crippen LogP contribution < -0.4 is 21.3 Å². The molecule has 0 aromatic heterocycles. The van der Waals surface area contributed by atoms with Gasteiger partial charge in [0.05, 0.1) is 6.67 Å². The Hall–Kier alpha value is -2.89. The lowest BCUT2D eigenvalue weighted by atomic mass is 9.96. The predicted molar refractivity (Wildman–Crippen MR) is 87.0 cm³/mol. The van der Waals surface area contributed by atoms with Crippen molar-refractivity contribution in [2.24, 2.45) is 5.41 Å². The minimum absolute atomic E-state index is 0.255. The second-order valence-corrected chi connectivity index (χ2v) is 6.35. The van der Waals surface area contributed by atoms with Gasteiger partial charge in [-0.15, -0.1) is 0 Å². The normalized spacial score (nSPS) is 13.2. The van der Waals surface area contributed by atoms with Gasteiger partial charge in [-0.25, -0.2) is 14.4 Å². The molecule has 0 rings (SSSR count). The largest absolute Gasteiger partial charge is 0.481 e. The lowest BCUT2D eigenvalue weighted by Crippen LogP contribution is -2.58. The molecule has 12 nitrogen and oxygen atoms in total. The van der Waals surface area contributed by atoms with E-state index in [1.165, 1.54) is 0 Å². The summed E-state index contributed by atoms with van der Waals surface area (Å²) in [5.41, 5.74) is -0.690. The third kappa shape index (κ3) is 9.42. The Morgan fingerprint density at radius 1 is 0.923 bits per heavy atom. The first-order valence-electron chi connectivity index (χ1n) is 7.60. The first-order chi connectivity index (χ1) is 11.8. The molecule has 0 saturated carbocycles. The summed E-state index contributed by atoms with van der Waals surface area (Å²) in [6, 6.07) is -2.62. The Kier molecular flexibility index (Phi) is 9.05. The molecular weight excluding hydrogens is 352 g/mol. The number of carbonyl (C=O) groups excluding carboxylic acids is 2. The molecule has 2 atom stereocenters. The van der Waals surface area contributed by atoms with E-state index in [4.69, 9.17) is 15.3 Å². The van der Waals surface area contributed by atoms with E-state index in [0.29, 0.717) is 0 Å². The molecule has 0 aromatic carbocycles. The second kappa shape index (κ2) is 10.2. The Morgan fingerprint density at radius 3 is 1.92 bits per heavy atom. The Morgan fingerprint density at radius 2 is 1.50 bits per heavy atom. The fourth-order valence-corrected chi connectivity index (χ4v) is 1.55. The maximum absolute atomic E-state index is 11.8. The van der Waals surface area contributed by atoms with Gasteiger partial charge >= 0.3 is 23.9 Å². The number of carboxylic acid groups (broad SMARTS) is 3. The number of amides is 3. The van der Waals surface area contributed by atoms with Gasteiger partial charge in [0.15, 0.2) is 6.17 Å². The van der Waals surface area contributed by atoms with Gasteiger partial charge in [0.25, 0.3) is 0 Å². The number of rotatable bonds is 10. The molecule has 0 radical (unpaired) electrons. The minimum Gasteiger partial charge on any atom is -0.481 e. The van der Waals surface area contributed by atoms with Gasteiger partial charge in [0.1, 0.15) is 6.04 Å². The zero-order valence-corrected chi connectivity index (χ0v) is 14.7. The molecule has 26 heavy (non-hydrogen) atoms. The topological polar surface area (TPSA) is 194 Å². The third-order valence-electron chi connectivity index (χ3n) is 3.01. The monoisotopic (exact) mass is 376 g/mol. The summed E-state index contributed by atoms with van der Waals surface area (Å²) in [6.07, 6.45) is -2.47. The summed E-state index contributed by atoms with van der Waals surface area (Å²) in [5, 5.41) is 35.3. The van der Waals surface area contributed by atoms with Gasteiger partial charge in [0, 0.05) is 11.8 Å². The molecule has 0 fully saturated rings. The summed E-state index contributed by atoms with van der Waals surface area (Å²) in [5.74, 6) is -4.52. The quantitative estimate of drug-likeness (QED) is 0.227. The number of hydrogen-bond acceptors (Lipinski definition) is 6. The predicted octanol–water partition coefficient (Wildman–Crippen LogP) is -1.28. The fourth-order valence-electron chi connectivity index (χ4n) is 1.55. The van der Waals surface area contributed by atoms with Crippen molar-refractivity contribution in [1.82, 2.24) is 21.3 Å². The van der Waals surface area contributed by atoms with Crippen molar-refractivity contribution in [2.75, 3.05) is 6.67 Å². The summed E-state index contributed by atoms with van der Waals surface area (Å²) in [4.78, 5) is 56.0. The molecule has 148 valence electrons. The van der Waals surface area contributed by atoms with Crippen LogP contribution in [-0.2, 0) is 19.2 Å². The lowest BCUT2D eigenvalue weighted by molar-refractivity contribution is -0.141. The van der Waals surface area contributed by atoms with Crippen LogP contribution >= 0.6 is 0 Å². The van der Waals surface area contributed by atoms with E-state index < -0.39 is 48.0 Å². The molecule has 0 aliphatic heterocycles. The van der Waals surface area contributed by atoms with Crippen molar-refractivity contribution in [1.29, 1.82) is 0 Å². The minimum atomic E-state index is -1.61. The van der Waals surface area contributed by atoms with E-state index in [1.54, 1.807) is 20.8 Å². The van der Waals surface area contributed by atoms with Crippen LogP contribution in [-0.4, -0.2) is 64.0 Å². The van der Waals surface area contributed by atoms with Crippen LogP contribution in [0.2, 0.25) is 0 Å². The van der Waals surface area contributed by atoms with Gasteiger partial charge in [-0.3, -0.25) is 14.9 Å². The number of nitrogens with one attached hydrogen (secondary N) is 4. The molecule has 0 saturated heterocycles. The smallest absolute Gasteiger partial charge is 0.341 e. The van der Waals surface area contributed by atoms with Crippen LogP contribution in [0, 0.1) is 5.41 Å². The van der Waals surface area contributed by atoms with Crippen LogP contribution in [0.5, 0.6) is 0 Å². The number of hydrogen-bond donors (Lipinski definition) is 7. The van der Waals surface area contributed by atoms with Crippen molar-refractivity contribution in [3.8, 4) is 0 Å². The van der Waals surface area contributed by atoms with Crippen LogP contribution in [0.25, 0.3) is 0 Å². The first kappa shape index (κ1) is 23.1. The number of urea groups is 1. The third-order valence-corrected chi connectivity index (χ3v) is 3.01. The van der Waals surface area contributed by atoms with Crippen molar-refractivity contribution in [2.45, 2.75) is 45.8 Å². The highest BCUT2D eigenvalue weighted by molar-refractivity contribution is 5.86. The van der Waals surface area contributed by atoms with Crippen LogP contribution in [0.3, 0.4) is 0 Å². The van der Waals surface area contributed by atoms with Crippen LogP contribution in [0.1, 0.15) is 33.6 Å². The molecule has 0 aliphatic carbocycles. The standard InChI is InChI=1S/C14H24N4O8/c1-14(2,3)12(25)16-6-15-9(11(23)24)18-13(26)17-7(10(21)22)4-5-8(19)20/h7,9,15H,4-6H2,1-3H3,(H,16,25)(H,19,20)(H,21,22)(H,23,24)(H2,17,18,26)/t7-,9+/m0/s1. The zero-order valence-electron chi connectivity index (χ0n) is 14.7. The molecule has 0 aliphatic rings. The van der Waals surface area contributed by atoms with Crippen molar-refractivity contribution in [3.05, 3.63) is 0 Å². The zero-order chi connectivity index (χ0) is 20.5. The van der Waals surface area contributed by atoms with Crippen molar-refractivity contribution < 1.29 is 39.3 Å². The first-order valence-corrected chi connectivity index (χ1v) is 7.60. The molecular formula is C14H24N4O8.